The minimum absolute atomic E-state index is 0.00251. The third-order valence-corrected chi connectivity index (χ3v) is 3.21. The third kappa shape index (κ3) is 2.11. The Morgan fingerprint density at radius 3 is 2.06 bits per heavy atom. The highest BCUT2D eigenvalue weighted by Crippen LogP contribution is 2.35. The van der Waals surface area contributed by atoms with E-state index in [2.05, 4.69) is 5.32 Å². The molecule has 2 fully saturated rings. The molecule has 0 aromatic heterocycles. The van der Waals surface area contributed by atoms with Gasteiger partial charge in [-0.05, 0) is 12.1 Å². The number of nitrogens with one attached hydrogen (secondary N) is 1. The molecule has 0 radical (unpaired) electrons. The number of halogens is 3. The highest BCUT2D eigenvalue weighted by atomic mass is 19.4. The number of fused-ring (bicyclic) bond motifs is 1. The normalized spacial score (nSPS) is 31.6. The number of benzene rings is 1. The lowest BCUT2D eigenvalue weighted by Gasteiger charge is -2.13. The van der Waals surface area contributed by atoms with Gasteiger partial charge in [-0.3, -0.25) is 0 Å². The maximum absolute atomic E-state index is 12.4. The van der Waals surface area contributed by atoms with Gasteiger partial charge >= 0.3 is 6.18 Å². The quantitative estimate of drug-likeness (QED) is 0.837. The van der Waals surface area contributed by atoms with Crippen LogP contribution < -0.4 is 5.32 Å². The number of ether oxygens (including phenoxy) is 2. The van der Waals surface area contributed by atoms with Gasteiger partial charge in [0.05, 0.1) is 5.56 Å². The molecular weight excluding hydrogens is 247 g/mol. The number of alkyl halides is 3. The number of hydrogen-bond acceptors (Lipinski definition) is 3. The molecule has 1 aromatic rings. The minimum Gasteiger partial charge on any atom is -0.341 e. The minimum atomic E-state index is -4.31. The van der Waals surface area contributed by atoms with Crippen molar-refractivity contribution >= 4 is 0 Å². The summed E-state index contributed by atoms with van der Waals surface area (Å²) in [6.45, 7) is 1.45. The van der Waals surface area contributed by atoms with E-state index in [0.29, 0.717) is 5.56 Å². The van der Waals surface area contributed by atoms with Crippen LogP contribution in [0.3, 0.4) is 0 Å². The Kier molecular flexibility index (Phi) is 2.80. The zero-order valence-electron chi connectivity index (χ0n) is 9.41. The van der Waals surface area contributed by atoms with Gasteiger partial charge in [0.25, 0.3) is 0 Å². The maximum atomic E-state index is 12.4. The van der Waals surface area contributed by atoms with E-state index in [1.54, 1.807) is 0 Å². The summed E-state index contributed by atoms with van der Waals surface area (Å²) in [5.41, 5.74) is -0.0384. The molecule has 2 unspecified atom stereocenters. The van der Waals surface area contributed by atoms with E-state index in [0.717, 1.165) is 25.2 Å². The second-order valence-corrected chi connectivity index (χ2v) is 4.46. The molecule has 0 amide bonds. The molecule has 1 aromatic carbocycles. The van der Waals surface area contributed by atoms with Crippen molar-refractivity contribution in [2.24, 2.45) is 0 Å². The average molecular weight is 259 g/mol. The Labute approximate surface area is 102 Å². The highest BCUT2D eigenvalue weighted by molar-refractivity contribution is 5.25. The molecule has 6 heteroatoms. The molecule has 2 saturated heterocycles. The fourth-order valence-electron chi connectivity index (χ4n) is 2.24. The smallest absolute Gasteiger partial charge is 0.341 e. The summed E-state index contributed by atoms with van der Waals surface area (Å²) in [4.78, 5) is 0. The molecule has 0 aliphatic carbocycles. The molecule has 1 N–H and O–H groups in total. The Hall–Kier alpha value is -1.11. The molecule has 2 atom stereocenters. The van der Waals surface area contributed by atoms with E-state index in [4.69, 9.17) is 9.47 Å². The Balaban J connectivity index is 1.74. The van der Waals surface area contributed by atoms with Gasteiger partial charge in [-0.1, -0.05) is 12.1 Å². The molecule has 0 saturated carbocycles. The summed E-state index contributed by atoms with van der Waals surface area (Å²) in [5.74, 6) is 0. The summed E-state index contributed by atoms with van der Waals surface area (Å²) >= 11 is 0. The predicted octanol–water partition coefficient (Wildman–Crippen LogP) is 2.09. The maximum Gasteiger partial charge on any atom is 0.416 e. The summed E-state index contributed by atoms with van der Waals surface area (Å²) in [7, 11) is 0. The SMILES string of the molecule is FC(F)(F)c1ccc(C2OC3CNCC3O2)cc1. The largest absolute Gasteiger partial charge is 0.416 e. The molecule has 0 spiro atoms. The van der Waals surface area contributed by atoms with Crippen molar-refractivity contribution in [3.8, 4) is 0 Å². The first kappa shape index (κ1) is 12.0. The molecular formula is C12H12F3NO2. The molecule has 2 aliphatic heterocycles. The van der Waals surface area contributed by atoms with E-state index in [9.17, 15) is 13.2 Å². The van der Waals surface area contributed by atoms with Gasteiger partial charge in [0.1, 0.15) is 12.2 Å². The van der Waals surface area contributed by atoms with Crippen molar-refractivity contribution in [3.63, 3.8) is 0 Å². The van der Waals surface area contributed by atoms with Gasteiger partial charge in [0, 0.05) is 18.7 Å². The number of hydrogen-bond donors (Lipinski definition) is 1. The standard InChI is InChI=1S/C12H12F3NO2/c13-12(14,15)8-3-1-7(2-4-8)11-17-9-5-16-6-10(9)18-11/h1-4,9-11,16H,5-6H2. The topological polar surface area (TPSA) is 30.5 Å². The van der Waals surface area contributed by atoms with Crippen molar-refractivity contribution < 1.29 is 22.6 Å². The van der Waals surface area contributed by atoms with Crippen LogP contribution in [0.1, 0.15) is 17.4 Å². The monoisotopic (exact) mass is 259 g/mol. The number of rotatable bonds is 1. The van der Waals surface area contributed by atoms with Crippen LogP contribution in [0, 0.1) is 0 Å². The van der Waals surface area contributed by atoms with E-state index in [1.807, 2.05) is 0 Å². The van der Waals surface area contributed by atoms with E-state index < -0.39 is 18.0 Å². The van der Waals surface area contributed by atoms with E-state index in [-0.39, 0.29) is 12.2 Å². The van der Waals surface area contributed by atoms with Crippen LogP contribution in [0.4, 0.5) is 13.2 Å². The average Bonchev–Trinajstić information content (AvgIpc) is 2.88. The second kappa shape index (κ2) is 4.22. The predicted molar refractivity (Wildman–Crippen MR) is 56.8 cm³/mol. The fourth-order valence-corrected chi connectivity index (χ4v) is 2.24. The van der Waals surface area contributed by atoms with Crippen molar-refractivity contribution in [1.82, 2.24) is 5.32 Å². The second-order valence-electron chi connectivity index (χ2n) is 4.46. The van der Waals surface area contributed by atoms with Crippen LogP contribution in [-0.4, -0.2) is 25.3 Å². The van der Waals surface area contributed by atoms with Gasteiger partial charge in [-0.25, -0.2) is 0 Å². The van der Waals surface area contributed by atoms with Crippen LogP contribution in [0.5, 0.6) is 0 Å². The van der Waals surface area contributed by atoms with Crippen molar-refractivity contribution in [1.29, 1.82) is 0 Å². The van der Waals surface area contributed by atoms with Crippen LogP contribution in [0.25, 0.3) is 0 Å². The third-order valence-electron chi connectivity index (χ3n) is 3.21. The molecule has 3 nitrogen and oxygen atoms in total. The van der Waals surface area contributed by atoms with Crippen LogP contribution in [-0.2, 0) is 15.7 Å². The van der Waals surface area contributed by atoms with Gasteiger partial charge in [0.2, 0.25) is 0 Å². The Bertz CT molecular complexity index is 420. The molecule has 98 valence electrons. The van der Waals surface area contributed by atoms with Crippen molar-refractivity contribution in [3.05, 3.63) is 35.4 Å². The molecule has 3 rings (SSSR count). The first-order chi connectivity index (χ1) is 8.54. The summed E-state index contributed by atoms with van der Waals surface area (Å²) in [5, 5.41) is 3.13. The summed E-state index contributed by atoms with van der Waals surface area (Å²) in [6.07, 6.45) is -4.87. The van der Waals surface area contributed by atoms with Crippen molar-refractivity contribution in [2.45, 2.75) is 24.7 Å². The van der Waals surface area contributed by atoms with Crippen molar-refractivity contribution in [2.75, 3.05) is 13.1 Å². The summed E-state index contributed by atoms with van der Waals surface area (Å²) < 4.78 is 48.5. The zero-order chi connectivity index (χ0) is 12.8. The lowest BCUT2D eigenvalue weighted by Crippen LogP contribution is -2.18. The van der Waals surface area contributed by atoms with E-state index >= 15 is 0 Å². The van der Waals surface area contributed by atoms with Gasteiger partial charge in [-0.15, -0.1) is 0 Å². The Morgan fingerprint density at radius 2 is 1.56 bits per heavy atom. The van der Waals surface area contributed by atoms with Gasteiger partial charge in [-0.2, -0.15) is 13.2 Å². The lowest BCUT2D eigenvalue weighted by molar-refractivity contribution is -0.137. The van der Waals surface area contributed by atoms with Gasteiger partial charge < -0.3 is 14.8 Å². The highest BCUT2D eigenvalue weighted by Gasteiger charge is 2.40. The zero-order valence-corrected chi connectivity index (χ0v) is 9.41. The van der Waals surface area contributed by atoms with E-state index in [1.165, 1.54) is 12.1 Å². The molecule has 2 aliphatic rings. The molecule has 18 heavy (non-hydrogen) atoms. The van der Waals surface area contributed by atoms with Crippen LogP contribution >= 0.6 is 0 Å². The van der Waals surface area contributed by atoms with Crippen LogP contribution in [0.15, 0.2) is 24.3 Å². The summed E-state index contributed by atoms with van der Waals surface area (Å²) in [6, 6.07) is 4.91. The van der Waals surface area contributed by atoms with Gasteiger partial charge in [0.15, 0.2) is 6.29 Å². The fraction of sp³-hybridized carbons (Fsp3) is 0.500. The first-order valence-corrected chi connectivity index (χ1v) is 5.73. The molecule has 2 heterocycles. The Morgan fingerprint density at radius 1 is 1.00 bits per heavy atom. The molecule has 0 bridgehead atoms. The van der Waals surface area contributed by atoms with Crippen LogP contribution in [0.2, 0.25) is 0 Å². The first-order valence-electron chi connectivity index (χ1n) is 5.73. The lowest BCUT2D eigenvalue weighted by atomic mass is 10.1.